The van der Waals surface area contributed by atoms with E-state index in [9.17, 15) is 5.11 Å². The monoisotopic (exact) mass is 385 g/mol. The van der Waals surface area contributed by atoms with Crippen LogP contribution in [0.25, 0.3) is 0 Å². The number of hydrogen-bond acceptors (Lipinski definition) is 4. The Morgan fingerprint density at radius 3 is 2.65 bits per heavy atom. The number of halogens is 3. The van der Waals surface area contributed by atoms with Gasteiger partial charge in [-0.2, -0.15) is 0 Å². The molecule has 2 unspecified atom stereocenters. The average molecular weight is 387 g/mol. The van der Waals surface area contributed by atoms with Gasteiger partial charge in [-0.1, -0.05) is 23.2 Å². The third-order valence-corrected chi connectivity index (χ3v) is 4.31. The van der Waals surface area contributed by atoms with E-state index in [1.807, 2.05) is 6.92 Å². The number of aliphatic hydroxyl groups excluding tert-OH is 1. The fourth-order valence-electron chi connectivity index (χ4n) is 1.51. The van der Waals surface area contributed by atoms with Gasteiger partial charge >= 0.3 is 0 Å². The molecule has 0 aromatic heterocycles. The van der Waals surface area contributed by atoms with Crippen molar-refractivity contribution in [1.29, 1.82) is 0 Å². The van der Waals surface area contributed by atoms with Gasteiger partial charge in [0.15, 0.2) is 0 Å². The van der Waals surface area contributed by atoms with Gasteiger partial charge < -0.3 is 19.9 Å². The van der Waals surface area contributed by atoms with Crippen LogP contribution in [0.5, 0.6) is 0 Å². The van der Waals surface area contributed by atoms with Gasteiger partial charge in [0.2, 0.25) is 0 Å². The Hall–Kier alpha value is -0.0400. The highest BCUT2D eigenvalue weighted by Crippen LogP contribution is 2.35. The number of methoxy groups -OCH3 is 1. The summed E-state index contributed by atoms with van der Waals surface area (Å²) in [7, 11) is 1.61. The van der Waals surface area contributed by atoms with Crippen LogP contribution in [0.3, 0.4) is 0 Å². The van der Waals surface area contributed by atoms with Gasteiger partial charge in [-0.05, 0) is 35.0 Å². The highest BCUT2D eigenvalue weighted by Gasteiger charge is 2.11. The van der Waals surface area contributed by atoms with Gasteiger partial charge in [-0.25, -0.2) is 0 Å². The number of nitrogens with one attached hydrogen (secondary N) is 1. The van der Waals surface area contributed by atoms with Crippen molar-refractivity contribution in [2.75, 3.05) is 32.2 Å². The SMILES string of the molecule is COCC(C)OCC(O)CNc1ccc(Br)c(Cl)c1Cl. The van der Waals surface area contributed by atoms with Crippen molar-refractivity contribution in [3.8, 4) is 0 Å². The number of hydrogen-bond donors (Lipinski definition) is 2. The third-order valence-electron chi connectivity index (χ3n) is 2.54. The molecule has 0 heterocycles. The molecule has 7 heteroatoms. The number of rotatable bonds is 8. The largest absolute Gasteiger partial charge is 0.389 e. The average Bonchev–Trinajstić information content (AvgIpc) is 2.42. The summed E-state index contributed by atoms with van der Waals surface area (Å²) >= 11 is 15.4. The molecule has 0 saturated heterocycles. The topological polar surface area (TPSA) is 50.7 Å². The van der Waals surface area contributed by atoms with Crippen molar-refractivity contribution in [3.63, 3.8) is 0 Å². The van der Waals surface area contributed by atoms with Crippen molar-refractivity contribution < 1.29 is 14.6 Å². The molecule has 0 amide bonds. The van der Waals surface area contributed by atoms with Crippen LogP contribution >= 0.6 is 39.1 Å². The molecule has 2 N–H and O–H groups in total. The minimum Gasteiger partial charge on any atom is -0.389 e. The van der Waals surface area contributed by atoms with E-state index in [4.69, 9.17) is 32.7 Å². The van der Waals surface area contributed by atoms with Crippen LogP contribution < -0.4 is 5.32 Å². The molecule has 0 radical (unpaired) electrons. The molecule has 0 aliphatic carbocycles. The molecule has 0 aliphatic heterocycles. The predicted molar refractivity (Wildman–Crippen MR) is 85.9 cm³/mol. The van der Waals surface area contributed by atoms with Gasteiger partial charge in [0.25, 0.3) is 0 Å². The summed E-state index contributed by atoms with van der Waals surface area (Å²) in [5.74, 6) is 0. The smallest absolute Gasteiger partial charge is 0.0945 e. The van der Waals surface area contributed by atoms with E-state index in [-0.39, 0.29) is 12.7 Å². The molecular formula is C13H18BrCl2NO3. The van der Waals surface area contributed by atoms with E-state index >= 15 is 0 Å². The number of ether oxygens (including phenoxy) is 2. The normalized spacial score (nSPS) is 14.1. The quantitative estimate of drug-likeness (QED) is 0.670. The predicted octanol–water partition coefficient (Wildman–Crippen LogP) is 3.58. The second kappa shape index (κ2) is 9.07. The molecule has 0 fully saturated rings. The van der Waals surface area contributed by atoms with Crippen molar-refractivity contribution in [3.05, 3.63) is 26.7 Å². The Balaban J connectivity index is 2.41. The summed E-state index contributed by atoms with van der Waals surface area (Å²) in [6.07, 6.45) is -0.701. The van der Waals surface area contributed by atoms with Crippen LogP contribution in [0.15, 0.2) is 16.6 Å². The Kier molecular flexibility index (Phi) is 8.17. The van der Waals surface area contributed by atoms with E-state index < -0.39 is 6.10 Å². The van der Waals surface area contributed by atoms with Crippen LogP contribution in [0.4, 0.5) is 5.69 Å². The maximum Gasteiger partial charge on any atom is 0.0945 e. The minimum atomic E-state index is -0.646. The Bertz CT molecular complexity index is 434. The highest BCUT2D eigenvalue weighted by atomic mass is 79.9. The minimum absolute atomic E-state index is 0.0552. The molecule has 114 valence electrons. The Morgan fingerprint density at radius 1 is 1.30 bits per heavy atom. The van der Waals surface area contributed by atoms with Crippen LogP contribution in [0.1, 0.15) is 6.92 Å². The summed E-state index contributed by atoms with van der Waals surface area (Å²) in [6, 6.07) is 3.58. The fourth-order valence-corrected chi connectivity index (χ4v) is 2.35. The molecule has 0 aliphatic rings. The van der Waals surface area contributed by atoms with Gasteiger partial charge in [0.05, 0.1) is 41.2 Å². The molecule has 1 rings (SSSR count). The van der Waals surface area contributed by atoms with Crippen LogP contribution in [0, 0.1) is 0 Å². The molecule has 2 atom stereocenters. The van der Waals surface area contributed by atoms with Gasteiger partial charge in [0.1, 0.15) is 0 Å². The molecule has 4 nitrogen and oxygen atoms in total. The van der Waals surface area contributed by atoms with Crippen molar-refractivity contribution in [1.82, 2.24) is 0 Å². The van der Waals surface area contributed by atoms with E-state index in [1.54, 1.807) is 19.2 Å². The summed E-state index contributed by atoms with van der Waals surface area (Å²) in [4.78, 5) is 0. The van der Waals surface area contributed by atoms with E-state index in [1.165, 1.54) is 0 Å². The second-order valence-corrected chi connectivity index (χ2v) is 5.97. The molecular weight excluding hydrogens is 369 g/mol. The van der Waals surface area contributed by atoms with Gasteiger partial charge in [-0.3, -0.25) is 0 Å². The summed E-state index contributed by atoms with van der Waals surface area (Å²) in [5, 5.41) is 13.7. The Labute approximate surface area is 137 Å². The summed E-state index contributed by atoms with van der Waals surface area (Å²) in [6.45, 7) is 2.92. The van der Waals surface area contributed by atoms with Crippen molar-refractivity contribution >= 4 is 44.8 Å². The lowest BCUT2D eigenvalue weighted by molar-refractivity contribution is -0.0282. The van der Waals surface area contributed by atoms with Crippen LogP contribution in [-0.2, 0) is 9.47 Å². The number of aliphatic hydroxyl groups is 1. The first kappa shape index (κ1) is 18.0. The standard InChI is InChI=1S/C13H18BrCl2NO3/c1-8(6-19-2)20-7-9(18)5-17-11-4-3-10(14)12(15)13(11)16/h3-4,8-9,17-18H,5-7H2,1-2H3. The van der Waals surface area contributed by atoms with Gasteiger partial charge in [-0.15, -0.1) is 0 Å². The van der Waals surface area contributed by atoms with Crippen LogP contribution in [0.2, 0.25) is 10.0 Å². The lowest BCUT2D eigenvalue weighted by Crippen LogP contribution is -2.28. The lowest BCUT2D eigenvalue weighted by atomic mass is 10.3. The zero-order valence-electron chi connectivity index (χ0n) is 11.3. The van der Waals surface area contributed by atoms with Crippen molar-refractivity contribution in [2.24, 2.45) is 0 Å². The molecule has 0 saturated carbocycles. The first-order valence-corrected chi connectivity index (χ1v) is 7.66. The Morgan fingerprint density at radius 2 is 2.00 bits per heavy atom. The van der Waals surface area contributed by atoms with Gasteiger partial charge in [0, 0.05) is 18.1 Å². The first-order valence-electron chi connectivity index (χ1n) is 6.11. The van der Waals surface area contributed by atoms with Crippen LogP contribution in [-0.4, -0.2) is 44.2 Å². The zero-order chi connectivity index (χ0) is 15.1. The van der Waals surface area contributed by atoms with E-state index in [0.29, 0.717) is 28.9 Å². The second-order valence-electron chi connectivity index (χ2n) is 4.36. The fraction of sp³-hybridized carbons (Fsp3) is 0.538. The van der Waals surface area contributed by atoms with Crippen molar-refractivity contribution in [2.45, 2.75) is 19.1 Å². The number of anilines is 1. The van der Waals surface area contributed by atoms with E-state index in [2.05, 4.69) is 21.2 Å². The summed E-state index contributed by atoms with van der Waals surface area (Å²) in [5.41, 5.74) is 0.670. The zero-order valence-corrected chi connectivity index (χ0v) is 14.4. The lowest BCUT2D eigenvalue weighted by Gasteiger charge is -2.17. The molecule has 0 bridgehead atoms. The maximum atomic E-state index is 9.83. The molecule has 0 spiro atoms. The highest BCUT2D eigenvalue weighted by molar-refractivity contribution is 9.10. The maximum absolute atomic E-state index is 9.83. The first-order chi connectivity index (χ1) is 9.45. The summed E-state index contributed by atoms with van der Waals surface area (Å²) < 4.78 is 11.1. The number of benzene rings is 1. The molecule has 1 aromatic carbocycles. The molecule has 20 heavy (non-hydrogen) atoms. The van der Waals surface area contributed by atoms with E-state index in [0.717, 1.165) is 4.47 Å². The third kappa shape index (κ3) is 5.76. The molecule has 1 aromatic rings.